The number of carbonyl (C=O) groups excluding carboxylic acids is 1. The van der Waals surface area contributed by atoms with Crippen LogP contribution in [-0.2, 0) is 5.41 Å². The van der Waals surface area contributed by atoms with E-state index in [4.69, 9.17) is 5.73 Å². The molecule has 0 spiro atoms. The van der Waals surface area contributed by atoms with Crippen LogP contribution in [0.1, 0.15) is 54.6 Å². The van der Waals surface area contributed by atoms with Crippen LogP contribution in [0, 0.1) is 0 Å². The number of amides is 1. The Morgan fingerprint density at radius 2 is 1.78 bits per heavy atom. The van der Waals surface area contributed by atoms with Gasteiger partial charge in [0.1, 0.15) is 0 Å². The molecule has 0 heterocycles. The molecular formula is C20H24N2O. The highest BCUT2D eigenvalue weighted by atomic mass is 16.1. The lowest BCUT2D eigenvalue weighted by molar-refractivity contribution is 0.102. The topological polar surface area (TPSA) is 55.1 Å². The normalized spacial score (nSPS) is 20.2. The van der Waals surface area contributed by atoms with Crippen LogP contribution in [0.4, 0.5) is 5.69 Å². The van der Waals surface area contributed by atoms with E-state index in [0.717, 1.165) is 17.7 Å². The molecule has 3 N–H and O–H groups in total. The summed E-state index contributed by atoms with van der Waals surface area (Å²) < 4.78 is 0. The number of nitrogens with one attached hydrogen (secondary N) is 1. The Balaban J connectivity index is 1.71. The Labute approximate surface area is 137 Å². The maximum atomic E-state index is 12.4. The zero-order valence-electron chi connectivity index (χ0n) is 14.0. The Morgan fingerprint density at radius 3 is 2.35 bits per heavy atom. The van der Waals surface area contributed by atoms with E-state index in [1.165, 1.54) is 5.56 Å². The average molecular weight is 308 g/mol. The van der Waals surface area contributed by atoms with Crippen LogP contribution in [-0.4, -0.2) is 11.9 Å². The smallest absolute Gasteiger partial charge is 0.255 e. The Kier molecular flexibility index (Phi) is 3.99. The van der Waals surface area contributed by atoms with E-state index in [1.54, 1.807) is 0 Å². The van der Waals surface area contributed by atoms with Crippen molar-refractivity contribution in [1.29, 1.82) is 0 Å². The Bertz CT molecular complexity index is 713. The lowest BCUT2D eigenvalue weighted by Crippen LogP contribution is -2.15. The average Bonchev–Trinajstić information content (AvgIpc) is 3.24. The first kappa shape index (κ1) is 15.8. The van der Waals surface area contributed by atoms with E-state index in [9.17, 15) is 4.79 Å². The minimum atomic E-state index is -0.0769. The predicted molar refractivity (Wildman–Crippen MR) is 94.9 cm³/mol. The molecule has 0 aliphatic heterocycles. The fourth-order valence-electron chi connectivity index (χ4n) is 2.74. The molecule has 0 saturated heterocycles. The summed E-state index contributed by atoms with van der Waals surface area (Å²) in [4.78, 5) is 12.4. The molecule has 3 rings (SSSR count). The second-order valence-electron chi connectivity index (χ2n) is 7.41. The van der Waals surface area contributed by atoms with E-state index in [1.807, 2.05) is 30.3 Å². The summed E-state index contributed by atoms with van der Waals surface area (Å²) in [5.41, 5.74) is 9.81. The van der Waals surface area contributed by atoms with Gasteiger partial charge in [-0.05, 0) is 47.2 Å². The molecule has 2 unspecified atom stereocenters. The summed E-state index contributed by atoms with van der Waals surface area (Å²) in [7, 11) is 0. The monoisotopic (exact) mass is 308 g/mol. The third-order valence-corrected chi connectivity index (χ3v) is 4.43. The van der Waals surface area contributed by atoms with Crippen LogP contribution >= 0.6 is 0 Å². The molecule has 3 nitrogen and oxygen atoms in total. The van der Waals surface area contributed by atoms with Crippen molar-refractivity contribution in [3.63, 3.8) is 0 Å². The van der Waals surface area contributed by atoms with Crippen molar-refractivity contribution in [2.24, 2.45) is 5.73 Å². The molecule has 2 aromatic carbocycles. The van der Waals surface area contributed by atoms with Gasteiger partial charge in [0.15, 0.2) is 0 Å². The van der Waals surface area contributed by atoms with Crippen molar-refractivity contribution in [2.45, 2.75) is 44.6 Å². The number of rotatable bonds is 3. The largest absolute Gasteiger partial charge is 0.327 e. The Morgan fingerprint density at radius 1 is 1.13 bits per heavy atom. The van der Waals surface area contributed by atoms with Crippen molar-refractivity contribution in [3.8, 4) is 0 Å². The SMILES string of the molecule is CC(C)(C)c1cccc(C(=O)Nc2ccc(C3CC3N)cc2)c1. The minimum Gasteiger partial charge on any atom is -0.327 e. The van der Waals surface area contributed by atoms with E-state index in [2.05, 4.69) is 44.3 Å². The first-order valence-electron chi connectivity index (χ1n) is 8.12. The highest BCUT2D eigenvalue weighted by Crippen LogP contribution is 2.39. The molecule has 1 saturated carbocycles. The molecule has 120 valence electrons. The lowest BCUT2D eigenvalue weighted by atomic mass is 9.86. The highest BCUT2D eigenvalue weighted by molar-refractivity contribution is 6.04. The van der Waals surface area contributed by atoms with E-state index in [0.29, 0.717) is 17.5 Å². The van der Waals surface area contributed by atoms with E-state index >= 15 is 0 Å². The van der Waals surface area contributed by atoms with Gasteiger partial charge >= 0.3 is 0 Å². The van der Waals surface area contributed by atoms with Gasteiger partial charge in [0, 0.05) is 23.2 Å². The fraction of sp³-hybridized carbons (Fsp3) is 0.350. The van der Waals surface area contributed by atoms with Gasteiger partial charge in [0.25, 0.3) is 5.91 Å². The van der Waals surface area contributed by atoms with E-state index in [-0.39, 0.29) is 11.3 Å². The van der Waals surface area contributed by atoms with E-state index < -0.39 is 0 Å². The number of hydrogen-bond donors (Lipinski definition) is 2. The van der Waals surface area contributed by atoms with Gasteiger partial charge in [0.05, 0.1) is 0 Å². The second-order valence-corrected chi connectivity index (χ2v) is 7.41. The molecule has 2 atom stereocenters. The van der Waals surface area contributed by atoms with Gasteiger partial charge in [-0.25, -0.2) is 0 Å². The predicted octanol–water partition coefficient (Wildman–Crippen LogP) is 4.05. The molecule has 0 radical (unpaired) electrons. The van der Waals surface area contributed by atoms with Gasteiger partial charge < -0.3 is 11.1 Å². The third-order valence-electron chi connectivity index (χ3n) is 4.43. The van der Waals surface area contributed by atoms with Crippen molar-refractivity contribution in [2.75, 3.05) is 5.32 Å². The number of carbonyl (C=O) groups is 1. The second kappa shape index (κ2) is 5.82. The van der Waals surface area contributed by atoms with Gasteiger partial charge in [0.2, 0.25) is 0 Å². The molecule has 1 fully saturated rings. The van der Waals surface area contributed by atoms with Crippen molar-refractivity contribution in [3.05, 3.63) is 65.2 Å². The van der Waals surface area contributed by atoms with Crippen LogP contribution in [0.25, 0.3) is 0 Å². The first-order valence-corrected chi connectivity index (χ1v) is 8.12. The maximum absolute atomic E-state index is 12.4. The van der Waals surface area contributed by atoms with Crippen LogP contribution in [0.2, 0.25) is 0 Å². The molecule has 1 aliphatic rings. The van der Waals surface area contributed by atoms with Crippen molar-refractivity contribution < 1.29 is 4.79 Å². The molecule has 0 bridgehead atoms. The lowest BCUT2D eigenvalue weighted by Gasteiger charge is -2.19. The number of benzene rings is 2. The van der Waals surface area contributed by atoms with Gasteiger partial charge in [-0.1, -0.05) is 45.0 Å². The minimum absolute atomic E-state index is 0.0287. The first-order chi connectivity index (χ1) is 10.8. The molecule has 3 heteroatoms. The maximum Gasteiger partial charge on any atom is 0.255 e. The molecule has 0 aromatic heterocycles. The highest BCUT2D eigenvalue weighted by Gasteiger charge is 2.34. The van der Waals surface area contributed by atoms with Crippen LogP contribution in [0.15, 0.2) is 48.5 Å². The van der Waals surface area contributed by atoms with Gasteiger partial charge in [-0.2, -0.15) is 0 Å². The zero-order chi connectivity index (χ0) is 16.6. The number of nitrogens with two attached hydrogens (primary N) is 1. The van der Waals surface area contributed by atoms with Gasteiger partial charge in [-0.3, -0.25) is 4.79 Å². The molecular weight excluding hydrogens is 284 g/mol. The van der Waals surface area contributed by atoms with Crippen molar-refractivity contribution >= 4 is 11.6 Å². The summed E-state index contributed by atoms with van der Waals surface area (Å²) in [6.07, 6.45) is 1.06. The molecule has 1 aliphatic carbocycles. The summed E-state index contributed by atoms with van der Waals surface area (Å²) in [5, 5.41) is 2.96. The quantitative estimate of drug-likeness (QED) is 0.898. The third kappa shape index (κ3) is 3.62. The number of anilines is 1. The molecule has 23 heavy (non-hydrogen) atoms. The Hall–Kier alpha value is -2.13. The van der Waals surface area contributed by atoms with Crippen molar-refractivity contribution in [1.82, 2.24) is 0 Å². The summed E-state index contributed by atoms with van der Waals surface area (Å²) in [5.74, 6) is 0.412. The molecule has 2 aromatic rings. The fourth-order valence-corrected chi connectivity index (χ4v) is 2.74. The van der Waals surface area contributed by atoms with Crippen LogP contribution in [0.5, 0.6) is 0 Å². The van der Waals surface area contributed by atoms with Crippen LogP contribution < -0.4 is 11.1 Å². The van der Waals surface area contributed by atoms with Gasteiger partial charge in [-0.15, -0.1) is 0 Å². The van der Waals surface area contributed by atoms with Crippen LogP contribution in [0.3, 0.4) is 0 Å². The molecule has 1 amide bonds. The zero-order valence-corrected chi connectivity index (χ0v) is 14.0. The summed E-state index contributed by atoms with van der Waals surface area (Å²) in [6, 6.07) is 16.1. The summed E-state index contributed by atoms with van der Waals surface area (Å²) >= 11 is 0. The standard InChI is InChI=1S/C20H24N2O/c1-20(2,3)15-6-4-5-14(11-15)19(23)22-16-9-7-13(8-10-16)17-12-18(17)21/h4-11,17-18H,12,21H2,1-3H3,(H,22,23). The summed E-state index contributed by atoms with van der Waals surface area (Å²) in [6.45, 7) is 6.43. The number of hydrogen-bond acceptors (Lipinski definition) is 2.